The van der Waals surface area contributed by atoms with Crippen molar-refractivity contribution in [3.05, 3.63) is 107 Å². The number of hydrogen-bond acceptors (Lipinski definition) is 2. The first-order chi connectivity index (χ1) is 16.9. The van der Waals surface area contributed by atoms with Gasteiger partial charge in [-0.2, -0.15) is 0 Å². The van der Waals surface area contributed by atoms with Gasteiger partial charge in [0.25, 0.3) is 0 Å². The summed E-state index contributed by atoms with van der Waals surface area (Å²) in [6, 6.07) is 28.5. The molecule has 3 heteroatoms. The molecule has 1 amide bonds. The lowest BCUT2D eigenvalue weighted by molar-refractivity contribution is -0.116. The molecule has 4 aromatic carbocycles. The van der Waals surface area contributed by atoms with E-state index in [1.165, 1.54) is 5.39 Å². The predicted molar refractivity (Wildman–Crippen MR) is 151 cm³/mol. The zero-order valence-electron chi connectivity index (χ0n) is 22.2. The van der Waals surface area contributed by atoms with Crippen molar-refractivity contribution < 1.29 is 9.90 Å². The highest BCUT2D eigenvalue weighted by molar-refractivity contribution is 5.92. The largest absolute Gasteiger partial charge is 0.507 e. The Bertz CT molecular complexity index is 1340. The molecule has 0 fully saturated rings. The van der Waals surface area contributed by atoms with Crippen LogP contribution in [0.5, 0.6) is 5.75 Å². The van der Waals surface area contributed by atoms with Crippen molar-refractivity contribution in [2.45, 2.75) is 64.7 Å². The summed E-state index contributed by atoms with van der Waals surface area (Å²) >= 11 is 0. The Balaban J connectivity index is 1.86. The first-order valence-corrected chi connectivity index (χ1v) is 12.6. The molecule has 2 N–H and O–H groups in total. The molecule has 0 saturated carbocycles. The van der Waals surface area contributed by atoms with E-state index in [-0.39, 0.29) is 22.7 Å². The fourth-order valence-electron chi connectivity index (χ4n) is 4.77. The molecule has 0 aromatic heterocycles. The minimum Gasteiger partial charge on any atom is -0.507 e. The lowest BCUT2D eigenvalue weighted by atomic mass is 9.75. The molecule has 0 radical (unpaired) electrons. The van der Waals surface area contributed by atoms with E-state index in [1.54, 1.807) is 0 Å². The van der Waals surface area contributed by atoms with Crippen LogP contribution in [0.15, 0.2) is 84.9 Å². The number of carbonyl (C=O) groups excluding carboxylic acids is 1. The minimum absolute atomic E-state index is 0.0398. The van der Waals surface area contributed by atoms with Gasteiger partial charge in [0, 0.05) is 18.0 Å². The molecule has 0 saturated heterocycles. The second-order valence-corrected chi connectivity index (χ2v) is 11.7. The van der Waals surface area contributed by atoms with Crippen molar-refractivity contribution in [1.82, 2.24) is 0 Å². The smallest absolute Gasteiger partial charge is 0.225 e. The Labute approximate surface area is 215 Å². The fourth-order valence-corrected chi connectivity index (χ4v) is 4.77. The van der Waals surface area contributed by atoms with Crippen molar-refractivity contribution >= 4 is 22.4 Å². The maximum Gasteiger partial charge on any atom is 0.225 e. The normalized spacial score (nSPS) is 12.9. The van der Waals surface area contributed by atoms with Crippen LogP contribution in [-0.2, 0) is 15.6 Å². The summed E-state index contributed by atoms with van der Waals surface area (Å²) in [6.45, 7) is 12.7. The molecule has 0 aliphatic carbocycles. The third-order valence-corrected chi connectivity index (χ3v) is 6.77. The number of anilines is 1. The monoisotopic (exact) mass is 479 g/mol. The summed E-state index contributed by atoms with van der Waals surface area (Å²) in [4.78, 5) is 13.3. The summed E-state index contributed by atoms with van der Waals surface area (Å²) < 4.78 is 0. The van der Waals surface area contributed by atoms with E-state index >= 15 is 0 Å². The molecule has 36 heavy (non-hydrogen) atoms. The average Bonchev–Trinajstić information content (AvgIpc) is 2.81. The van der Waals surface area contributed by atoms with Crippen molar-refractivity contribution in [2.24, 2.45) is 0 Å². The van der Waals surface area contributed by atoms with Gasteiger partial charge < -0.3 is 10.4 Å². The molecule has 0 aliphatic rings. The van der Waals surface area contributed by atoms with Gasteiger partial charge in [-0.05, 0) is 56.0 Å². The standard InChI is InChI=1S/C33H37NO2/c1-32(2,3)28-19-25(20-29(31(28)36)33(4,5)6)27(21-30(35)34-26-14-8-7-9-15-26)24-17-16-22-12-10-11-13-23(22)18-24/h7-20,27,36H,21H2,1-6H3,(H,34,35). The van der Waals surface area contributed by atoms with Crippen LogP contribution in [-0.4, -0.2) is 11.0 Å². The first kappa shape index (κ1) is 25.5. The molecule has 4 rings (SSSR count). The molecular formula is C33H37NO2. The minimum atomic E-state index is -0.250. The van der Waals surface area contributed by atoms with Crippen molar-refractivity contribution in [3.8, 4) is 5.75 Å². The molecule has 1 atom stereocenters. The number of rotatable bonds is 5. The molecule has 186 valence electrons. The molecule has 3 nitrogen and oxygen atoms in total. The van der Waals surface area contributed by atoms with Gasteiger partial charge >= 0.3 is 0 Å². The Hall–Kier alpha value is -3.59. The van der Waals surface area contributed by atoms with Gasteiger partial charge in [0.1, 0.15) is 5.75 Å². The van der Waals surface area contributed by atoms with Crippen LogP contribution in [0, 0.1) is 0 Å². The number of para-hydroxylation sites is 1. The van der Waals surface area contributed by atoms with Crippen LogP contribution in [0.25, 0.3) is 10.8 Å². The first-order valence-electron chi connectivity index (χ1n) is 12.6. The second kappa shape index (κ2) is 9.81. The Kier molecular flexibility index (Phi) is 6.95. The Morgan fingerprint density at radius 3 is 1.86 bits per heavy atom. The number of phenolic OH excluding ortho intramolecular Hbond substituents is 1. The summed E-state index contributed by atoms with van der Waals surface area (Å²) in [5.74, 6) is 0.146. The molecule has 4 aromatic rings. The summed E-state index contributed by atoms with van der Waals surface area (Å²) in [7, 11) is 0. The fraction of sp³-hybridized carbons (Fsp3) is 0.303. The van der Waals surface area contributed by atoms with Crippen LogP contribution in [0.2, 0.25) is 0 Å². The maximum absolute atomic E-state index is 13.3. The number of hydrogen-bond donors (Lipinski definition) is 2. The lowest BCUT2D eigenvalue weighted by Crippen LogP contribution is -2.20. The Morgan fingerprint density at radius 2 is 1.28 bits per heavy atom. The number of carbonyl (C=O) groups is 1. The van der Waals surface area contributed by atoms with Gasteiger partial charge in [-0.1, -0.05) is 114 Å². The number of fused-ring (bicyclic) bond motifs is 1. The van der Waals surface area contributed by atoms with Crippen LogP contribution >= 0.6 is 0 Å². The van der Waals surface area contributed by atoms with Gasteiger partial charge in [0.2, 0.25) is 5.91 Å². The zero-order chi connectivity index (χ0) is 26.1. The van der Waals surface area contributed by atoms with E-state index in [1.807, 2.05) is 42.5 Å². The van der Waals surface area contributed by atoms with Gasteiger partial charge in [-0.3, -0.25) is 4.79 Å². The van der Waals surface area contributed by atoms with Crippen molar-refractivity contribution in [1.29, 1.82) is 0 Å². The number of aromatic hydroxyl groups is 1. The quantitative estimate of drug-likeness (QED) is 0.302. The van der Waals surface area contributed by atoms with E-state index < -0.39 is 0 Å². The number of amides is 1. The van der Waals surface area contributed by atoms with Gasteiger partial charge in [0.05, 0.1) is 0 Å². The van der Waals surface area contributed by atoms with Crippen molar-refractivity contribution in [2.75, 3.05) is 5.32 Å². The SMILES string of the molecule is CC(C)(C)c1cc(C(CC(=O)Nc2ccccc2)c2ccc3ccccc3c2)cc(C(C)(C)C)c1O. The summed E-state index contributed by atoms with van der Waals surface area (Å²) in [5.41, 5.74) is 4.22. The van der Waals surface area contributed by atoms with Crippen LogP contribution in [0.1, 0.15) is 76.1 Å². The van der Waals surface area contributed by atoms with E-state index in [4.69, 9.17) is 0 Å². The summed E-state index contributed by atoms with van der Waals surface area (Å²) in [5, 5.41) is 16.7. The number of benzene rings is 4. The summed E-state index contributed by atoms with van der Waals surface area (Å²) in [6.07, 6.45) is 0.297. The van der Waals surface area contributed by atoms with E-state index in [0.717, 1.165) is 33.3 Å². The van der Waals surface area contributed by atoms with E-state index in [0.29, 0.717) is 12.2 Å². The molecule has 1 unspecified atom stereocenters. The lowest BCUT2D eigenvalue weighted by Gasteiger charge is -2.30. The highest BCUT2D eigenvalue weighted by atomic mass is 16.3. The second-order valence-electron chi connectivity index (χ2n) is 11.7. The van der Waals surface area contributed by atoms with Crippen LogP contribution < -0.4 is 5.32 Å². The molecule has 0 aliphatic heterocycles. The molecular weight excluding hydrogens is 442 g/mol. The van der Waals surface area contributed by atoms with Gasteiger partial charge in [-0.25, -0.2) is 0 Å². The molecule has 0 heterocycles. The van der Waals surface area contributed by atoms with E-state index in [2.05, 4.69) is 89.3 Å². The zero-order valence-corrected chi connectivity index (χ0v) is 22.2. The highest BCUT2D eigenvalue weighted by Crippen LogP contribution is 2.43. The third kappa shape index (κ3) is 5.62. The molecule has 0 bridgehead atoms. The third-order valence-electron chi connectivity index (χ3n) is 6.77. The van der Waals surface area contributed by atoms with Crippen molar-refractivity contribution in [3.63, 3.8) is 0 Å². The highest BCUT2D eigenvalue weighted by Gasteiger charge is 2.29. The number of nitrogens with one attached hydrogen (secondary N) is 1. The van der Waals surface area contributed by atoms with Gasteiger partial charge in [-0.15, -0.1) is 0 Å². The van der Waals surface area contributed by atoms with E-state index in [9.17, 15) is 9.90 Å². The topological polar surface area (TPSA) is 49.3 Å². The molecule has 0 spiro atoms. The average molecular weight is 480 g/mol. The predicted octanol–water partition coefficient (Wildman–Crippen LogP) is 8.30. The Morgan fingerprint density at radius 1 is 0.722 bits per heavy atom. The number of phenols is 1. The van der Waals surface area contributed by atoms with Crippen LogP contribution in [0.3, 0.4) is 0 Å². The maximum atomic E-state index is 13.3. The van der Waals surface area contributed by atoms with Gasteiger partial charge in [0.15, 0.2) is 0 Å². The van der Waals surface area contributed by atoms with Crippen LogP contribution in [0.4, 0.5) is 5.69 Å².